The van der Waals surface area contributed by atoms with E-state index < -0.39 is 9.84 Å². The van der Waals surface area contributed by atoms with Crippen molar-refractivity contribution in [2.45, 2.75) is 26.7 Å². The van der Waals surface area contributed by atoms with E-state index in [0.29, 0.717) is 6.54 Å². The summed E-state index contributed by atoms with van der Waals surface area (Å²) in [4.78, 5) is 21.6. The molecule has 1 aliphatic rings. The Labute approximate surface area is 147 Å². The molecule has 2 N–H and O–H groups in total. The molecule has 0 unspecified atom stereocenters. The average Bonchev–Trinajstić information content (AvgIpc) is 2.99. The fourth-order valence-corrected chi connectivity index (χ4v) is 4.16. The molecule has 136 valence electrons. The van der Waals surface area contributed by atoms with Crippen molar-refractivity contribution in [2.24, 2.45) is 0 Å². The van der Waals surface area contributed by atoms with Gasteiger partial charge in [0, 0.05) is 26.1 Å². The molecule has 1 saturated heterocycles. The van der Waals surface area contributed by atoms with Crippen molar-refractivity contribution in [1.82, 2.24) is 20.2 Å². The van der Waals surface area contributed by atoms with Gasteiger partial charge in [0.25, 0.3) is 0 Å². The summed E-state index contributed by atoms with van der Waals surface area (Å²) < 4.78 is 22.8. The van der Waals surface area contributed by atoms with Crippen LogP contribution in [-0.4, -0.2) is 60.5 Å². The van der Waals surface area contributed by atoms with E-state index in [2.05, 4.69) is 35.2 Å². The number of fused-ring (bicyclic) bond motifs is 1. The first-order valence-corrected chi connectivity index (χ1v) is 10.4. The summed E-state index contributed by atoms with van der Waals surface area (Å²) in [5.41, 5.74) is 4.46. The highest BCUT2D eigenvalue weighted by Crippen LogP contribution is 2.19. The molecule has 0 bridgehead atoms. The van der Waals surface area contributed by atoms with E-state index >= 15 is 0 Å². The Morgan fingerprint density at radius 1 is 1.28 bits per heavy atom. The number of nitrogens with zero attached hydrogens (tertiary/aromatic N) is 2. The minimum Gasteiger partial charge on any atom is -0.342 e. The van der Waals surface area contributed by atoms with Gasteiger partial charge in [-0.25, -0.2) is 18.2 Å². The molecular formula is C17H24N4O3S. The highest BCUT2D eigenvalue weighted by atomic mass is 32.2. The van der Waals surface area contributed by atoms with Gasteiger partial charge in [-0.3, -0.25) is 0 Å². The number of aryl methyl sites for hydroxylation is 3. The number of nitrogens with one attached hydrogen (secondary N) is 2. The normalized spacial score (nSPS) is 17.0. The van der Waals surface area contributed by atoms with E-state index in [-0.39, 0.29) is 30.6 Å². The van der Waals surface area contributed by atoms with Crippen LogP contribution in [0.25, 0.3) is 11.0 Å². The minimum absolute atomic E-state index is 0.0537. The molecule has 0 atom stereocenters. The number of hydrogen-bond acceptors (Lipinski definition) is 4. The fourth-order valence-electron chi connectivity index (χ4n) is 2.96. The van der Waals surface area contributed by atoms with E-state index in [0.717, 1.165) is 29.7 Å². The zero-order valence-electron chi connectivity index (χ0n) is 14.6. The Hall–Kier alpha value is -2.09. The van der Waals surface area contributed by atoms with Crippen molar-refractivity contribution >= 4 is 26.9 Å². The molecule has 1 aliphatic heterocycles. The Kier molecular flexibility index (Phi) is 4.99. The lowest BCUT2D eigenvalue weighted by atomic mass is 10.1. The molecule has 8 heteroatoms. The van der Waals surface area contributed by atoms with Crippen LogP contribution in [0.2, 0.25) is 0 Å². The van der Waals surface area contributed by atoms with Crippen LogP contribution in [0, 0.1) is 13.8 Å². The van der Waals surface area contributed by atoms with Gasteiger partial charge in [-0.2, -0.15) is 0 Å². The molecule has 0 radical (unpaired) electrons. The Morgan fingerprint density at radius 3 is 2.72 bits per heavy atom. The monoisotopic (exact) mass is 364 g/mol. The van der Waals surface area contributed by atoms with Crippen LogP contribution >= 0.6 is 0 Å². The van der Waals surface area contributed by atoms with E-state index in [1.165, 1.54) is 11.1 Å². The average molecular weight is 364 g/mol. The molecule has 0 saturated carbocycles. The van der Waals surface area contributed by atoms with Gasteiger partial charge in [-0.05, 0) is 37.5 Å². The number of carbonyl (C=O) groups excluding carboxylic acids is 1. The topological polar surface area (TPSA) is 95.2 Å². The molecule has 1 fully saturated rings. The van der Waals surface area contributed by atoms with Crippen molar-refractivity contribution in [3.8, 4) is 0 Å². The molecule has 1 aromatic carbocycles. The third kappa shape index (κ3) is 4.12. The number of aromatic nitrogens is 2. The molecule has 2 aromatic rings. The quantitative estimate of drug-likeness (QED) is 0.805. The molecule has 2 heterocycles. The molecular weight excluding hydrogens is 340 g/mol. The maximum atomic E-state index is 12.0. The van der Waals surface area contributed by atoms with Crippen LogP contribution in [0.1, 0.15) is 23.4 Å². The van der Waals surface area contributed by atoms with E-state index in [4.69, 9.17) is 0 Å². The van der Waals surface area contributed by atoms with Gasteiger partial charge in [-0.1, -0.05) is 6.07 Å². The van der Waals surface area contributed by atoms with Gasteiger partial charge in [0.15, 0.2) is 9.84 Å². The second-order valence-electron chi connectivity index (χ2n) is 6.56. The number of urea groups is 1. The van der Waals surface area contributed by atoms with E-state index in [1.54, 1.807) is 4.90 Å². The smallest absolute Gasteiger partial charge is 0.317 e. The van der Waals surface area contributed by atoms with Crippen molar-refractivity contribution in [3.63, 3.8) is 0 Å². The van der Waals surface area contributed by atoms with Crippen LogP contribution in [0.15, 0.2) is 12.1 Å². The van der Waals surface area contributed by atoms with E-state index in [9.17, 15) is 13.2 Å². The number of imidazole rings is 1. The third-order valence-corrected chi connectivity index (χ3v) is 6.33. The number of carbonyl (C=O) groups is 1. The summed E-state index contributed by atoms with van der Waals surface area (Å²) in [6.07, 6.45) is 1.53. The molecule has 25 heavy (non-hydrogen) atoms. The lowest BCUT2D eigenvalue weighted by Gasteiger charge is -2.26. The standard InChI is InChI=1S/C17H24N4O3S/c1-12-5-6-14-16(13(12)2)20-15(19-14)4-3-7-18-17(22)21-8-10-25(23,24)11-9-21/h5-6H,3-4,7-11H2,1-2H3,(H,18,22)(H,19,20). The highest BCUT2D eigenvalue weighted by Gasteiger charge is 2.24. The maximum absolute atomic E-state index is 12.0. The Morgan fingerprint density at radius 2 is 2.00 bits per heavy atom. The van der Waals surface area contributed by atoms with E-state index in [1.807, 2.05) is 6.07 Å². The predicted octanol–water partition coefficient (Wildman–Crippen LogP) is 1.55. The SMILES string of the molecule is Cc1ccc2[nH]c(CCCNC(=O)N3CCS(=O)(=O)CC3)nc2c1C. The lowest BCUT2D eigenvalue weighted by Crippen LogP contribution is -2.48. The lowest BCUT2D eigenvalue weighted by molar-refractivity contribution is 0.202. The molecule has 3 rings (SSSR count). The van der Waals surface area contributed by atoms with Gasteiger partial charge < -0.3 is 15.2 Å². The van der Waals surface area contributed by atoms with Crippen molar-refractivity contribution in [2.75, 3.05) is 31.1 Å². The van der Waals surface area contributed by atoms with Gasteiger partial charge in [0.2, 0.25) is 0 Å². The first kappa shape index (κ1) is 17.7. The van der Waals surface area contributed by atoms with Crippen LogP contribution in [-0.2, 0) is 16.3 Å². The maximum Gasteiger partial charge on any atom is 0.317 e. The van der Waals surface area contributed by atoms with Crippen LogP contribution in [0.4, 0.5) is 4.79 Å². The Balaban J connectivity index is 1.47. The number of amides is 2. The van der Waals surface area contributed by atoms with Crippen LogP contribution < -0.4 is 5.32 Å². The zero-order valence-corrected chi connectivity index (χ0v) is 15.4. The molecule has 0 aliphatic carbocycles. The molecule has 7 nitrogen and oxygen atoms in total. The summed E-state index contributed by atoms with van der Waals surface area (Å²) in [5.74, 6) is 1.03. The predicted molar refractivity (Wildman–Crippen MR) is 97.5 cm³/mol. The zero-order chi connectivity index (χ0) is 18.0. The third-order valence-electron chi connectivity index (χ3n) is 4.73. The number of sulfone groups is 1. The van der Waals surface area contributed by atoms with Gasteiger partial charge in [0.05, 0.1) is 22.5 Å². The first-order valence-electron chi connectivity index (χ1n) is 8.54. The Bertz CT molecular complexity index is 875. The molecule has 0 spiro atoms. The van der Waals surface area contributed by atoms with Crippen LogP contribution in [0.5, 0.6) is 0 Å². The fraction of sp³-hybridized carbons (Fsp3) is 0.529. The van der Waals surface area contributed by atoms with Gasteiger partial charge in [-0.15, -0.1) is 0 Å². The summed E-state index contributed by atoms with van der Waals surface area (Å²) in [6.45, 7) is 5.23. The summed E-state index contributed by atoms with van der Waals surface area (Å²) in [6, 6.07) is 3.94. The number of hydrogen-bond donors (Lipinski definition) is 2. The van der Waals surface area contributed by atoms with Crippen LogP contribution in [0.3, 0.4) is 0 Å². The second kappa shape index (κ2) is 7.03. The largest absolute Gasteiger partial charge is 0.342 e. The summed E-state index contributed by atoms with van der Waals surface area (Å²) >= 11 is 0. The minimum atomic E-state index is -2.96. The summed E-state index contributed by atoms with van der Waals surface area (Å²) in [7, 11) is -2.96. The number of aromatic amines is 1. The van der Waals surface area contributed by atoms with Gasteiger partial charge >= 0.3 is 6.03 Å². The van der Waals surface area contributed by atoms with Crippen molar-refractivity contribution in [1.29, 1.82) is 0 Å². The van der Waals surface area contributed by atoms with Crippen molar-refractivity contribution in [3.05, 3.63) is 29.1 Å². The first-order chi connectivity index (χ1) is 11.9. The highest BCUT2D eigenvalue weighted by molar-refractivity contribution is 7.91. The second-order valence-corrected chi connectivity index (χ2v) is 8.87. The van der Waals surface area contributed by atoms with Gasteiger partial charge in [0.1, 0.15) is 5.82 Å². The number of H-pyrrole nitrogens is 1. The molecule has 1 aromatic heterocycles. The number of benzene rings is 1. The molecule has 2 amide bonds. The van der Waals surface area contributed by atoms with Crippen molar-refractivity contribution < 1.29 is 13.2 Å². The summed E-state index contributed by atoms with van der Waals surface area (Å²) in [5, 5.41) is 2.85. The number of rotatable bonds is 4.